The van der Waals surface area contributed by atoms with Crippen molar-refractivity contribution in [3.63, 3.8) is 0 Å². The van der Waals surface area contributed by atoms with E-state index < -0.39 is 43.0 Å². The molecule has 2 saturated heterocycles. The number of phenols is 1. The Labute approximate surface area is 205 Å². The molecule has 4 rings (SSSR count). The van der Waals surface area contributed by atoms with Crippen LogP contribution in [0.1, 0.15) is 51.5 Å². The number of imide groups is 3. The topological polar surface area (TPSA) is 113 Å². The summed E-state index contributed by atoms with van der Waals surface area (Å²) in [7, 11) is 0.0807. The molecule has 4 atom stereocenters. The highest BCUT2D eigenvalue weighted by Crippen LogP contribution is 2.50. The van der Waals surface area contributed by atoms with Crippen LogP contribution in [0.25, 0.3) is 6.08 Å². The fraction of sp³-hybridized carbons (Fsp3) is 0.500. The van der Waals surface area contributed by atoms with E-state index in [2.05, 4.69) is 11.7 Å². The summed E-state index contributed by atoms with van der Waals surface area (Å²) in [6.07, 6.45) is 4.31. The third kappa shape index (κ3) is 4.79. The first-order valence-corrected chi connectivity index (χ1v) is 12.2. The molecule has 1 aromatic carbocycles. The van der Waals surface area contributed by atoms with Crippen molar-refractivity contribution in [2.45, 2.75) is 58.4 Å². The van der Waals surface area contributed by atoms with Crippen LogP contribution in [-0.4, -0.2) is 53.3 Å². The molecule has 0 unspecified atom stereocenters. The number of fused-ring (bicyclic) bond motifs is 3. The predicted octanol–water partition coefficient (Wildman–Crippen LogP) is 3.94. The first-order valence-electron chi connectivity index (χ1n) is 12.2. The van der Waals surface area contributed by atoms with Crippen LogP contribution in [-0.2, 0) is 19.0 Å². The standard InChI is InChI=1S/C26H32BNO7/c1-4-7-16(13-17-8-5-6-9-20(17)29)10-11-21-22-15(2)12-18-23(19(22)14-27(33)35-21)25(31)28(24(18)30)26(32)34-3/h5-6,8-9,13,18-19,21,23,29,33H,4,7,10-12,14H2,1-3H3/b16-13+/t18-,19+,21-,23-/m1/s1. The van der Waals surface area contributed by atoms with Gasteiger partial charge in [-0.25, -0.2) is 4.79 Å². The SMILES string of the molecule is CCC/C(=C\c1ccccc1O)CC[C@H]1OB(O)C[C@H]2C1=C(C)C[C@H]1C(=O)N(C(=O)OC)C(=O)[C@H]12. The van der Waals surface area contributed by atoms with Gasteiger partial charge in [0, 0.05) is 5.56 Å². The fourth-order valence-corrected chi connectivity index (χ4v) is 5.93. The van der Waals surface area contributed by atoms with Gasteiger partial charge in [0.1, 0.15) is 5.75 Å². The number of nitrogens with zero attached hydrogens (tertiary/aromatic N) is 1. The molecule has 0 bridgehead atoms. The number of aromatic hydroxyl groups is 1. The van der Waals surface area contributed by atoms with Crippen molar-refractivity contribution in [3.8, 4) is 5.75 Å². The number of allylic oxidation sites excluding steroid dienone is 2. The van der Waals surface area contributed by atoms with Crippen LogP contribution in [0.15, 0.2) is 41.0 Å². The highest BCUT2D eigenvalue weighted by molar-refractivity contribution is 6.43. The molecule has 3 amide bonds. The van der Waals surface area contributed by atoms with E-state index in [1.165, 1.54) is 0 Å². The van der Waals surface area contributed by atoms with Gasteiger partial charge in [0.05, 0.1) is 25.0 Å². The Hall–Kier alpha value is -2.91. The van der Waals surface area contributed by atoms with Gasteiger partial charge in [-0.1, -0.05) is 48.8 Å². The summed E-state index contributed by atoms with van der Waals surface area (Å²) in [6.45, 7) is 4.04. The lowest BCUT2D eigenvalue weighted by Gasteiger charge is -2.42. The molecular formula is C26H32BNO7. The molecule has 35 heavy (non-hydrogen) atoms. The van der Waals surface area contributed by atoms with Gasteiger partial charge in [-0.3, -0.25) is 9.59 Å². The molecule has 1 aliphatic carbocycles. The summed E-state index contributed by atoms with van der Waals surface area (Å²) >= 11 is 0. The number of likely N-dealkylation sites (tertiary alicyclic amines) is 1. The smallest absolute Gasteiger partial charge is 0.455 e. The first kappa shape index (κ1) is 25.2. The number of phenolic OH excluding ortho intramolecular Hbond substituents is 1. The average molecular weight is 481 g/mol. The van der Waals surface area contributed by atoms with Crippen LogP contribution in [0.5, 0.6) is 5.75 Å². The lowest BCUT2D eigenvalue weighted by atomic mass is 9.58. The highest BCUT2D eigenvalue weighted by Gasteiger charge is 2.58. The van der Waals surface area contributed by atoms with E-state index in [9.17, 15) is 24.5 Å². The van der Waals surface area contributed by atoms with Crippen molar-refractivity contribution in [1.29, 1.82) is 0 Å². The van der Waals surface area contributed by atoms with Gasteiger partial charge in [0.15, 0.2) is 0 Å². The second-order valence-electron chi connectivity index (χ2n) is 9.63. The molecule has 0 aromatic heterocycles. The Morgan fingerprint density at radius 3 is 2.66 bits per heavy atom. The largest absolute Gasteiger partial charge is 0.507 e. The van der Waals surface area contributed by atoms with Gasteiger partial charge >= 0.3 is 13.2 Å². The van der Waals surface area contributed by atoms with Crippen molar-refractivity contribution in [2.75, 3.05) is 7.11 Å². The maximum atomic E-state index is 13.1. The van der Waals surface area contributed by atoms with Crippen molar-refractivity contribution in [1.82, 2.24) is 4.90 Å². The number of benzene rings is 1. The Morgan fingerprint density at radius 1 is 1.23 bits per heavy atom. The average Bonchev–Trinajstić information content (AvgIpc) is 3.07. The molecule has 0 spiro atoms. The molecule has 0 saturated carbocycles. The van der Waals surface area contributed by atoms with Gasteiger partial charge in [-0.15, -0.1) is 0 Å². The molecule has 2 fully saturated rings. The predicted molar refractivity (Wildman–Crippen MR) is 130 cm³/mol. The van der Waals surface area contributed by atoms with E-state index in [4.69, 9.17) is 4.65 Å². The van der Waals surface area contributed by atoms with Crippen LogP contribution in [0.2, 0.25) is 6.32 Å². The number of para-hydroxylation sites is 1. The number of amides is 3. The van der Waals surface area contributed by atoms with Crippen LogP contribution in [0.4, 0.5) is 4.79 Å². The molecule has 2 N–H and O–H groups in total. The van der Waals surface area contributed by atoms with E-state index >= 15 is 0 Å². The maximum absolute atomic E-state index is 13.1. The number of hydrogen-bond acceptors (Lipinski definition) is 7. The normalized spacial score (nSPS) is 26.7. The second kappa shape index (κ2) is 10.4. The zero-order valence-electron chi connectivity index (χ0n) is 20.4. The molecule has 9 heteroatoms. The van der Waals surface area contributed by atoms with Gasteiger partial charge in [-0.05, 0) is 56.5 Å². The Kier molecular flexibility index (Phi) is 7.47. The molecule has 3 aliphatic rings. The summed E-state index contributed by atoms with van der Waals surface area (Å²) in [4.78, 5) is 38.8. The van der Waals surface area contributed by atoms with Crippen LogP contribution in [0.3, 0.4) is 0 Å². The lowest BCUT2D eigenvalue weighted by molar-refractivity contribution is -0.137. The van der Waals surface area contributed by atoms with E-state index in [1.54, 1.807) is 12.1 Å². The van der Waals surface area contributed by atoms with Crippen LogP contribution >= 0.6 is 0 Å². The number of carbonyl (C=O) groups is 3. The Balaban J connectivity index is 1.59. The highest BCUT2D eigenvalue weighted by atomic mass is 16.5. The summed E-state index contributed by atoms with van der Waals surface area (Å²) in [5, 5.41) is 20.7. The molecule has 2 heterocycles. The van der Waals surface area contributed by atoms with Crippen molar-refractivity contribution in [2.24, 2.45) is 17.8 Å². The maximum Gasteiger partial charge on any atom is 0.455 e. The fourth-order valence-electron chi connectivity index (χ4n) is 5.93. The van der Waals surface area contributed by atoms with Gasteiger partial charge < -0.3 is 19.5 Å². The second-order valence-corrected chi connectivity index (χ2v) is 9.63. The number of hydrogen-bond donors (Lipinski definition) is 2. The zero-order chi connectivity index (χ0) is 25.3. The molecule has 0 radical (unpaired) electrons. The quantitative estimate of drug-likeness (QED) is 0.360. The third-order valence-electron chi connectivity index (χ3n) is 7.40. The van der Waals surface area contributed by atoms with Gasteiger partial charge in [0.25, 0.3) is 0 Å². The van der Waals surface area contributed by atoms with E-state index in [0.717, 1.165) is 42.2 Å². The minimum Gasteiger partial charge on any atom is -0.507 e. The molecule has 2 aliphatic heterocycles. The Morgan fingerprint density at radius 2 is 1.97 bits per heavy atom. The minimum atomic E-state index is -1.06. The van der Waals surface area contributed by atoms with E-state index in [1.807, 2.05) is 25.1 Å². The number of carbonyl (C=O) groups excluding carboxylic acids is 3. The first-order chi connectivity index (χ1) is 16.8. The third-order valence-corrected chi connectivity index (χ3v) is 7.40. The van der Waals surface area contributed by atoms with Crippen LogP contribution in [0, 0.1) is 17.8 Å². The monoisotopic (exact) mass is 481 g/mol. The van der Waals surface area contributed by atoms with Gasteiger partial charge in [0.2, 0.25) is 11.8 Å². The Bertz CT molecular complexity index is 1080. The van der Waals surface area contributed by atoms with Crippen molar-refractivity contribution < 1.29 is 33.9 Å². The summed E-state index contributed by atoms with van der Waals surface area (Å²) in [5.74, 6) is -2.56. The minimum absolute atomic E-state index is 0.202. The molecule has 8 nitrogen and oxygen atoms in total. The number of rotatable bonds is 6. The van der Waals surface area contributed by atoms with E-state index in [0.29, 0.717) is 24.2 Å². The molecule has 186 valence electrons. The summed E-state index contributed by atoms with van der Waals surface area (Å²) < 4.78 is 10.6. The van der Waals surface area contributed by atoms with Gasteiger partial charge in [-0.2, -0.15) is 4.90 Å². The number of ether oxygens (including phenoxy) is 1. The zero-order valence-corrected chi connectivity index (χ0v) is 20.4. The van der Waals surface area contributed by atoms with Crippen LogP contribution < -0.4 is 0 Å². The summed E-state index contributed by atoms with van der Waals surface area (Å²) in [6, 6.07) is 7.19. The van der Waals surface area contributed by atoms with E-state index in [-0.39, 0.29) is 18.0 Å². The van der Waals surface area contributed by atoms with Crippen molar-refractivity contribution in [3.05, 3.63) is 46.5 Å². The molecule has 1 aromatic rings. The summed E-state index contributed by atoms with van der Waals surface area (Å²) in [5.41, 5.74) is 3.85. The number of methoxy groups -OCH3 is 1. The van der Waals surface area contributed by atoms with Crippen molar-refractivity contribution >= 4 is 31.1 Å². The molecular weight excluding hydrogens is 449 g/mol. The lowest BCUT2D eigenvalue weighted by Crippen LogP contribution is -2.46.